The summed E-state index contributed by atoms with van der Waals surface area (Å²) in [6, 6.07) is 0. The lowest BCUT2D eigenvalue weighted by Crippen LogP contribution is -2.49. The summed E-state index contributed by atoms with van der Waals surface area (Å²) in [4.78, 5) is 76.8. The number of aromatic nitrogens is 2. The molecule has 1 amide bonds. The molecule has 23 heteroatoms. The monoisotopic (exact) mass is 701 g/mol. The van der Waals surface area contributed by atoms with Gasteiger partial charge in [-0.05, 0) is 0 Å². The van der Waals surface area contributed by atoms with Crippen molar-refractivity contribution in [1.29, 1.82) is 0 Å². The average molecular weight is 702 g/mol. The zero-order chi connectivity index (χ0) is 34.3. The van der Waals surface area contributed by atoms with E-state index in [0.717, 1.165) is 0 Å². The van der Waals surface area contributed by atoms with Crippen LogP contribution in [0.1, 0.15) is 5.69 Å². The molecule has 0 bridgehead atoms. The van der Waals surface area contributed by atoms with Crippen LogP contribution in [0.25, 0.3) is 0 Å². The van der Waals surface area contributed by atoms with Gasteiger partial charge in [0, 0.05) is 71.5 Å². The van der Waals surface area contributed by atoms with Crippen molar-refractivity contribution >= 4 is 40.2 Å². The van der Waals surface area contributed by atoms with Crippen molar-refractivity contribution in [1.82, 2.24) is 34.5 Å². The zero-order valence-corrected chi connectivity index (χ0v) is 26.8. The summed E-state index contributed by atoms with van der Waals surface area (Å²) in [5.41, 5.74) is 0.424. The van der Waals surface area contributed by atoms with Gasteiger partial charge in [-0.15, -0.1) is 0 Å². The largest absolute Gasteiger partial charge is 0.480 e. The number of nitrogens with zero attached hydrogens (tertiary/aromatic N) is 6. The Morgan fingerprint density at radius 3 is 1.67 bits per heavy atom. The summed E-state index contributed by atoms with van der Waals surface area (Å²) >= 11 is 0. The van der Waals surface area contributed by atoms with E-state index in [-0.39, 0.29) is 97.4 Å². The summed E-state index contributed by atoms with van der Waals surface area (Å²) < 4.78 is 17.1. The minimum Gasteiger partial charge on any atom is -0.480 e. The third-order valence-electron chi connectivity index (χ3n) is 6.89. The molecule has 1 aromatic rings. The maximum absolute atomic E-state index is 12.8. The Labute approximate surface area is 265 Å². The second-order valence-electron chi connectivity index (χ2n) is 10.5. The van der Waals surface area contributed by atoms with Gasteiger partial charge in [0.05, 0.1) is 44.7 Å². The molecular formula is C23H41N7O14P2. The van der Waals surface area contributed by atoms with E-state index in [0.29, 0.717) is 5.69 Å². The van der Waals surface area contributed by atoms with Crippen LogP contribution < -0.4 is 5.32 Å². The van der Waals surface area contributed by atoms with Gasteiger partial charge in [0.2, 0.25) is 11.0 Å². The second kappa shape index (κ2) is 19.2. The number of carboxylic acids is 3. The van der Waals surface area contributed by atoms with Crippen LogP contribution in [0.3, 0.4) is 0 Å². The fourth-order valence-electron chi connectivity index (χ4n) is 4.52. The van der Waals surface area contributed by atoms with E-state index < -0.39 is 45.9 Å². The number of amides is 1. The highest BCUT2D eigenvalue weighted by Crippen LogP contribution is 2.59. The van der Waals surface area contributed by atoms with Crippen molar-refractivity contribution in [3.63, 3.8) is 0 Å². The molecule has 2 rings (SSSR count). The molecule has 46 heavy (non-hydrogen) atoms. The number of carbonyl (C=O) groups excluding carboxylic acids is 1. The molecule has 2 atom stereocenters. The highest BCUT2D eigenvalue weighted by Gasteiger charge is 2.47. The number of nitrogens with one attached hydrogen (secondary N) is 1. The Hall–Kier alpha value is -2.65. The number of imidazole rings is 1. The van der Waals surface area contributed by atoms with Gasteiger partial charge in [-0.1, -0.05) is 5.04 Å². The Morgan fingerprint density at radius 1 is 0.848 bits per heavy atom. The van der Waals surface area contributed by atoms with E-state index in [1.165, 1.54) is 17.1 Å². The summed E-state index contributed by atoms with van der Waals surface area (Å²) in [7, 11) is -6.44. The van der Waals surface area contributed by atoms with E-state index in [1.54, 1.807) is 19.6 Å². The van der Waals surface area contributed by atoms with Crippen molar-refractivity contribution < 1.29 is 68.9 Å². The molecule has 0 aromatic carbocycles. The van der Waals surface area contributed by atoms with Crippen LogP contribution >= 0.6 is 16.4 Å². The Bertz CT molecular complexity index is 1170. The summed E-state index contributed by atoms with van der Waals surface area (Å²) in [5, 5.41) is 50.0. The van der Waals surface area contributed by atoms with Crippen LogP contribution in [0, 0.1) is 0 Å². The van der Waals surface area contributed by atoms with Crippen LogP contribution in [0.15, 0.2) is 12.5 Å². The Morgan fingerprint density at radius 2 is 1.28 bits per heavy atom. The molecule has 1 saturated heterocycles. The van der Waals surface area contributed by atoms with Crippen LogP contribution in [0.5, 0.6) is 0 Å². The van der Waals surface area contributed by atoms with Gasteiger partial charge in [0.25, 0.3) is 0 Å². The minimum absolute atomic E-state index is 0.0788. The molecule has 0 radical (unpaired) electrons. The van der Waals surface area contributed by atoms with E-state index in [2.05, 4.69) is 20.0 Å². The summed E-state index contributed by atoms with van der Waals surface area (Å²) in [5.74, 6) is -3.54. The number of aliphatic carboxylic acids is 3. The quantitative estimate of drug-likeness (QED) is 0.0452. The van der Waals surface area contributed by atoms with E-state index in [9.17, 15) is 54.0 Å². The number of hydrogen-bond donors (Lipinski definition) is 8. The van der Waals surface area contributed by atoms with Crippen molar-refractivity contribution in [2.24, 2.45) is 0 Å². The summed E-state index contributed by atoms with van der Waals surface area (Å²) in [6.45, 7) is 0.637. The number of carboxylic acid groups (broad SMARTS) is 3. The van der Waals surface area contributed by atoms with Gasteiger partial charge in [0.15, 0.2) is 0 Å². The number of aliphatic hydroxyl groups is 1. The third kappa shape index (κ3) is 14.8. The van der Waals surface area contributed by atoms with E-state index >= 15 is 0 Å². The highest BCUT2D eigenvalue weighted by molar-refractivity contribution is 7.64. The fraction of sp³-hybridized carbons (Fsp3) is 0.696. The minimum atomic E-state index is -5.12. The predicted molar refractivity (Wildman–Crippen MR) is 158 cm³/mol. The van der Waals surface area contributed by atoms with Crippen molar-refractivity contribution in [2.45, 2.75) is 18.0 Å². The van der Waals surface area contributed by atoms with E-state index in [1.807, 2.05) is 0 Å². The normalized spacial score (nSPS) is 18.5. The molecular weight excluding hydrogens is 660 g/mol. The molecule has 8 N–H and O–H groups in total. The van der Waals surface area contributed by atoms with Crippen molar-refractivity contribution in [3.05, 3.63) is 18.2 Å². The average Bonchev–Trinajstić information content (AvgIpc) is 3.38. The lowest BCUT2D eigenvalue weighted by molar-refractivity contribution is -0.436. The van der Waals surface area contributed by atoms with Crippen LogP contribution in [0.2, 0.25) is 0 Å². The van der Waals surface area contributed by atoms with Gasteiger partial charge in [-0.2, -0.15) is 4.67 Å². The number of hydrogen-bond acceptors (Lipinski definition) is 14. The van der Waals surface area contributed by atoms with Crippen LogP contribution in [-0.2, 0) is 46.4 Å². The Balaban J connectivity index is 2.00. The lowest BCUT2D eigenvalue weighted by atomic mass is 10.3. The third-order valence-corrected chi connectivity index (χ3v) is 9.79. The first-order valence-electron chi connectivity index (χ1n) is 13.9. The molecule has 1 aliphatic rings. The molecule has 2 unspecified atom stereocenters. The standard InChI is InChI=1S/C23H41N7O14P2/c31-19(24-2-1-18-11-30(17-25-18)16-23(38,45-44-43-39)46(40,41)42)12-26-3-5-27(13-20(32)33)7-9-29(15-22(36)37)10-8-28(6-4-26)14-21(34)35/h11,17,38-39,45H,1-10,12-16H2,(H,24,31)(H,32,33)(H,34,35)(H,36,37)(H2,40,41,42). The maximum Gasteiger partial charge on any atom is 0.365 e. The molecule has 0 spiro atoms. The molecule has 1 aromatic heterocycles. The van der Waals surface area contributed by atoms with Gasteiger partial charge in [-0.25, -0.2) is 10.2 Å². The topological polar surface area (TPSA) is 288 Å². The Kier molecular flexibility index (Phi) is 16.5. The zero-order valence-electron chi connectivity index (χ0n) is 24.9. The number of carbonyl (C=O) groups is 4. The highest BCUT2D eigenvalue weighted by atomic mass is 31.2. The molecule has 2 heterocycles. The smallest absolute Gasteiger partial charge is 0.365 e. The lowest BCUT2D eigenvalue weighted by Gasteiger charge is -2.32. The van der Waals surface area contributed by atoms with Crippen molar-refractivity contribution in [2.75, 3.05) is 85.1 Å². The van der Waals surface area contributed by atoms with Crippen LogP contribution in [-0.4, -0.2) is 179 Å². The first-order valence-corrected chi connectivity index (χ1v) is 16.5. The van der Waals surface area contributed by atoms with Gasteiger partial charge < -0.3 is 40.1 Å². The predicted octanol–water partition coefficient (Wildman–Crippen LogP) is -3.14. The second-order valence-corrected chi connectivity index (χ2v) is 14.0. The fourth-order valence-corrected chi connectivity index (χ4v) is 5.87. The summed E-state index contributed by atoms with van der Waals surface area (Å²) in [6.07, 6.45) is 2.83. The maximum atomic E-state index is 12.8. The molecule has 1 fully saturated rings. The van der Waals surface area contributed by atoms with Crippen LogP contribution in [0.4, 0.5) is 0 Å². The molecule has 0 aliphatic carbocycles. The molecule has 0 saturated carbocycles. The first-order chi connectivity index (χ1) is 21.6. The first kappa shape index (κ1) is 39.5. The van der Waals surface area contributed by atoms with E-state index in [4.69, 9.17) is 5.26 Å². The van der Waals surface area contributed by atoms with Gasteiger partial charge >= 0.3 is 25.5 Å². The van der Waals surface area contributed by atoms with Gasteiger partial charge in [0.1, 0.15) is 8.81 Å². The van der Waals surface area contributed by atoms with Crippen molar-refractivity contribution in [3.8, 4) is 0 Å². The SMILES string of the molecule is O=C(O)CN1CCN(CC(=O)O)CCN(CC(=O)NCCc2cn(CC(O)(POOO)P(=O)(O)O)cn2)CCN(CC(=O)O)CC1. The number of rotatable bonds is 17. The van der Waals surface area contributed by atoms with Gasteiger partial charge in [-0.3, -0.25) is 43.3 Å². The molecule has 1 aliphatic heterocycles. The molecule has 262 valence electrons. The molecule has 21 nitrogen and oxygen atoms in total.